The Labute approximate surface area is 189 Å². The van der Waals surface area contributed by atoms with Crippen molar-refractivity contribution in [2.24, 2.45) is 0 Å². The van der Waals surface area contributed by atoms with Crippen molar-refractivity contribution >= 4 is 11.6 Å². The molecule has 6 nitrogen and oxygen atoms in total. The Morgan fingerprint density at radius 3 is 2.53 bits per heavy atom. The fraction of sp³-hybridized carbons (Fsp3) is 0.480. The zero-order valence-electron chi connectivity index (χ0n) is 19.0. The molecule has 0 radical (unpaired) electrons. The van der Waals surface area contributed by atoms with Gasteiger partial charge in [0.15, 0.2) is 0 Å². The second-order valence-electron chi connectivity index (χ2n) is 8.73. The molecule has 1 amide bonds. The van der Waals surface area contributed by atoms with Crippen LogP contribution in [0.15, 0.2) is 42.5 Å². The lowest BCUT2D eigenvalue weighted by molar-refractivity contribution is 0.0340. The maximum Gasteiger partial charge on any atom is 0.252 e. The average molecular weight is 441 g/mol. The molecule has 32 heavy (non-hydrogen) atoms. The van der Waals surface area contributed by atoms with E-state index < -0.39 is 0 Å². The van der Waals surface area contributed by atoms with E-state index in [1.165, 1.54) is 6.07 Å². The molecule has 2 saturated heterocycles. The van der Waals surface area contributed by atoms with Gasteiger partial charge in [-0.2, -0.15) is 0 Å². The number of anilines is 1. The molecule has 0 spiro atoms. The van der Waals surface area contributed by atoms with Gasteiger partial charge in [0.2, 0.25) is 0 Å². The van der Waals surface area contributed by atoms with Gasteiger partial charge in [0, 0.05) is 62.6 Å². The molecule has 172 valence electrons. The number of likely N-dealkylation sites (N-methyl/N-ethyl adjacent to an activating group) is 1. The second-order valence-corrected chi connectivity index (χ2v) is 8.73. The van der Waals surface area contributed by atoms with Gasteiger partial charge in [-0.05, 0) is 43.8 Å². The first-order chi connectivity index (χ1) is 15.5. The van der Waals surface area contributed by atoms with Gasteiger partial charge in [0.05, 0.1) is 19.3 Å². The zero-order chi connectivity index (χ0) is 22.5. The third-order valence-corrected chi connectivity index (χ3v) is 6.41. The summed E-state index contributed by atoms with van der Waals surface area (Å²) in [5, 5.41) is 3.12. The van der Waals surface area contributed by atoms with Gasteiger partial charge >= 0.3 is 0 Å². The van der Waals surface area contributed by atoms with Crippen LogP contribution >= 0.6 is 0 Å². The van der Waals surface area contributed by atoms with Crippen LogP contribution in [0, 0.1) is 5.82 Å². The third-order valence-electron chi connectivity index (χ3n) is 6.41. The molecule has 2 heterocycles. The van der Waals surface area contributed by atoms with Crippen molar-refractivity contribution in [1.29, 1.82) is 0 Å². The number of amides is 1. The quantitative estimate of drug-likeness (QED) is 0.749. The summed E-state index contributed by atoms with van der Waals surface area (Å²) in [6.45, 7) is 9.52. The highest BCUT2D eigenvalue weighted by molar-refractivity contribution is 5.96. The van der Waals surface area contributed by atoms with Crippen LogP contribution in [0.1, 0.15) is 34.5 Å². The predicted molar refractivity (Wildman–Crippen MR) is 125 cm³/mol. The Morgan fingerprint density at radius 1 is 1.06 bits per heavy atom. The number of rotatable bonds is 6. The Kier molecular flexibility index (Phi) is 7.40. The number of halogens is 1. The van der Waals surface area contributed by atoms with E-state index in [4.69, 9.17) is 4.74 Å². The van der Waals surface area contributed by atoms with E-state index in [1.807, 2.05) is 37.3 Å². The van der Waals surface area contributed by atoms with Gasteiger partial charge in [0.25, 0.3) is 5.91 Å². The lowest BCUT2D eigenvalue weighted by atomic mass is 10.0. The van der Waals surface area contributed by atoms with Crippen molar-refractivity contribution in [3.05, 3.63) is 65.0 Å². The summed E-state index contributed by atoms with van der Waals surface area (Å²) in [4.78, 5) is 20.1. The summed E-state index contributed by atoms with van der Waals surface area (Å²) in [5.41, 5.74) is 3.48. The topological polar surface area (TPSA) is 48.1 Å². The van der Waals surface area contributed by atoms with E-state index in [1.54, 1.807) is 6.07 Å². The van der Waals surface area contributed by atoms with Gasteiger partial charge in [-0.25, -0.2) is 4.39 Å². The van der Waals surface area contributed by atoms with Crippen LogP contribution in [-0.2, 0) is 11.3 Å². The van der Waals surface area contributed by atoms with Crippen LogP contribution < -0.4 is 10.2 Å². The van der Waals surface area contributed by atoms with Gasteiger partial charge in [0.1, 0.15) is 5.82 Å². The Balaban J connectivity index is 1.50. The maximum absolute atomic E-state index is 14.2. The van der Waals surface area contributed by atoms with Crippen LogP contribution in [0.25, 0.3) is 0 Å². The normalized spacial score (nSPS) is 19.0. The van der Waals surface area contributed by atoms with E-state index >= 15 is 0 Å². The number of benzene rings is 2. The number of carbonyl (C=O) groups is 1. The molecule has 2 aromatic carbocycles. The highest BCUT2D eigenvalue weighted by atomic mass is 19.1. The highest BCUT2D eigenvalue weighted by Crippen LogP contribution is 2.29. The SMILES string of the molecule is CC(NC(=O)c1ccccc1CN1CCOCC1)c1cc(F)ccc1N1CCN(C)CC1. The fourth-order valence-electron chi connectivity index (χ4n) is 4.44. The minimum Gasteiger partial charge on any atom is -0.379 e. The van der Waals surface area contributed by atoms with Gasteiger partial charge in [-0.15, -0.1) is 0 Å². The molecule has 1 unspecified atom stereocenters. The van der Waals surface area contributed by atoms with Crippen molar-refractivity contribution < 1.29 is 13.9 Å². The molecule has 0 bridgehead atoms. The monoisotopic (exact) mass is 440 g/mol. The number of hydrogen-bond acceptors (Lipinski definition) is 5. The predicted octanol–water partition coefficient (Wildman–Crippen LogP) is 2.90. The number of carbonyl (C=O) groups excluding carboxylic acids is 1. The van der Waals surface area contributed by atoms with Gasteiger partial charge in [-0.1, -0.05) is 18.2 Å². The smallest absolute Gasteiger partial charge is 0.252 e. The minimum atomic E-state index is -0.315. The van der Waals surface area contributed by atoms with E-state index in [9.17, 15) is 9.18 Å². The van der Waals surface area contributed by atoms with Crippen LogP contribution in [0.5, 0.6) is 0 Å². The molecular weight excluding hydrogens is 407 g/mol. The number of nitrogens with zero attached hydrogens (tertiary/aromatic N) is 3. The summed E-state index contributed by atoms with van der Waals surface area (Å²) in [6.07, 6.45) is 0. The molecule has 1 N–H and O–H groups in total. The van der Waals surface area contributed by atoms with Crippen molar-refractivity contribution in [2.45, 2.75) is 19.5 Å². The van der Waals surface area contributed by atoms with E-state index in [0.717, 1.165) is 69.3 Å². The molecule has 0 saturated carbocycles. The molecule has 2 aromatic rings. The number of morpholine rings is 1. The van der Waals surface area contributed by atoms with Crippen molar-refractivity contribution in [2.75, 3.05) is 64.4 Å². The molecule has 4 rings (SSSR count). The molecule has 1 atom stereocenters. The largest absolute Gasteiger partial charge is 0.379 e. The molecule has 7 heteroatoms. The first-order valence-electron chi connectivity index (χ1n) is 11.4. The molecule has 2 aliphatic rings. The Hall–Kier alpha value is -2.48. The first kappa shape index (κ1) is 22.7. The molecule has 2 aliphatic heterocycles. The summed E-state index contributed by atoms with van der Waals surface area (Å²) in [7, 11) is 2.11. The second kappa shape index (κ2) is 10.4. The highest BCUT2D eigenvalue weighted by Gasteiger charge is 2.23. The fourth-order valence-corrected chi connectivity index (χ4v) is 4.44. The number of ether oxygens (including phenoxy) is 1. The van der Waals surface area contributed by atoms with Crippen molar-refractivity contribution in [3.8, 4) is 0 Å². The Bertz CT molecular complexity index is 924. The van der Waals surface area contributed by atoms with Crippen LogP contribution in [0.3, 0.4) is 0 Å². The van der Waals surface area contributed by atoms with Crippen LogP contribution in [-0.4, -0.2) is 75.2 Å². The third kappa shape index (κ3) is 5.46. The first-order valence-corrected chi connectivity index (χ1v) is 11.4. The van der Waals surface area contributed by atoms with Crippen LogP contribution in [0.4, 0.5) is 10.1 Å². The molecular formula is C25H33FN4O2. The number of nitrogens with one attached hydrogen (secondary N) is 1. The summed E-state index contributed by atoms with van der Waals surface area (Å²) >= 11 is 0. The number of piperazine rings is 1. The molecule has 2 fully saturated rings. The zero-order valence-corrected chi connectivity index (χ0v) is 19.0. The van der Waals surface area contributed by atoms with Crippen molar-refractivity contribution in [1.82, 2.24) is 15.1 Å². The summed E-state index contributed by atoms with van der Waals surface area (Å²) < 4.78 is 19.6. The average Bonchev–Trinajstić information content (AvgIpc) is 2.80. The Morgan fingerprint density at radius 2 is 1.78 bits per heavy atom. The minimum absolute atomic E-state index is 0.130. The van der Waals surface area contributed by atoms with Gasteiger partial charge in [-0.3, -0.25) is 9.69 Å². The van der Waals surface area contributed by atoms with E-state index in [0.29, 0.717) is 12.1 Å². The van der Waals surface area contributed by atoms with E-state index in [-0.39, 0.29) is 17.8 Å². The standard InChI is InChI=1S/C25H33FN4O2/c1-19(23-17-21(26)7-8-24(23)30-11-9-28(2)10-12-30)27-25(31)22-6-4-3-5-20(22)18-29-13-15-32-16-14-29/h3-8,17,19H,9-16,18H2,1-2H3,(H,27,31). The number of hydrogen-bond donors (Lipinski definition) is 1. The lowest BCUT2D eigenvalue weighted by Gasteiger charge is -2.36. The lowest BCUT2D eigenvalue weighted by Crippen LogP contribution is -2.45. The molecule has 0 aliphatic carbocycles. The van der Waals surface area contributed by atoms with E-state index in [2.05, 4.69) is 27.1 Å². The van der Waals surface area contributed by atoms with Crippen LogP contribution in [0.2, 0.25) is 0 Å². The maximum atomic E-state index is 14.2. The summed E-state index contributed by atoms with van der Waals surface area (Å²) in [6, 6.07) is 12.3. The summed E-state index contributed by atoms with van der Waals surface area (Å²) in [5.74, 6) is -0.415. The van der Waals surface area contributed by atoms with Gasteiger partial charge < -0.3 is 19.9 Å². The molecule has 0 aromatic heterocycles. The van der Waals surface area contributed by atoms with Crippen molar-refractivity contribution in [3.63, 3.8) is 0 Å².